The van der Waals surface area contributed by atoms with Gasteiger partial charge in [0.1, 0.15) is 4.93 Å². The van der Waals surface area contributed by atoms with Crippen molar-refractivity contribution in [1.82, 2.24) is 0 Å². The van der Waals surface area contributed by atoms with E-state index in [2.05, 4.69) is 12.6 Å². The van der Waals surface area contributed by atoms with Gasteiger partial charge in [-0.05, 0) is 12.0 Å². The van der Waals surface area contributed by atoms with Gasteiger partial charge in [-0.15, -0.1) is 12.6 Å². The summed E-state index contributed by atoms with van der Waals surface area (Å²) < 4.78 is 0. The van der Waals surface area contributed by atoms with Crippen molar-refractivity contribution in [2.24, 2.45) is 0 Å². The highest BCUT2D eigenvalue weighted by atomic mass is 32.1. The molecule has 0 heterocycles. The maximum atomic E-state index is 10.4. The lowest BCUT2D eigenvalue weighted by molar-refractivity contribution is -0.384. The highest BCUT2D eigenvalue weighted by molar-refractivity contribution is 7.81. The number of hydrogen-bond acceptors (Lipinski definition) is 4. The van der Waals surface area contributed by atoms with E-state index in [0.29, 0.717) is 12.8 Å². The second kappa shape index (κ2) is 4.63. The lowest BCUT2D eigenvalue weighted by Gasteiger charge is -2.19. The van der Waals surface area contributed by atoms with Gasteiger partial charge in [0, 0.05) is 18.6 Å². The van der Waals surface area contributed by atoms with Crippen LogP contribution in [0.2, 0.25) is 0 Å². The van der Waals surface area contributed by atoms with E-state index in [1.807, 2.05) is 6.92 Å². The minimum absolute atomic E-state index is 0.0537. The molecule has 1 atom stereocenters. The van der Waals surface area contributed by atoms with Crippen LogP contribution in [0, 0.1) is 10.1 Å². The van der Waals surface area contributed by atoms with Crippen LogP contribution < -0.4 is 0 Å². The molecule has 1 unspecified atom stereocenters. The molecule has 82 valence electrons. The number of benzene rings is 1. The van der Waals surface area contributed by atoms with Crippen LogP contribution in [0.5, 0.6) is 0 Å². The zero-order valence-electron chi connectivity index (χ0n) is 8.38. The number of thiol groups is 1. The van der Waals surface area contributed by atoms with Gasteiger partial charge in [0.2, 0.25) is 0 Å². The van der Waals surface area contributed by atoms with Crippen LogP contribution in [0.1, 0.15) is 18.9 Å². The van der Waals surface area contributed by atoms with Gasteiger partial charge in [0.15, 0.2) is 0 Å². The fraction of sp³-hybridized carbons (Fsp3) is 0.400. The van der Waals surface area contributed by atoms with E-state index in [9.17, 15) is 15.2 Å². The molecule has 1 aromatic rings. The molecule has 1 aromatic carbocycles. The number of nitrogens with zero attached hydrogens (tertiary/aromatic N) is 1. The molecule has 0 spiro atoms. The van der Waals surface area contributed by atoms with Crippen LogP contribution in [-0.4, -0.2) is 15.0 Å². The Morgan fingerprint density at radius 3 is 2.40 bits per heavy atom. The normalized spacial score (nSPS) is 14.6. The molecule has 4 nitrogen and oxygen atoms in total. The molecule has 0 aliphatic heterocycles. The Morgan fingerprint density at radius 1 is 1.47 bits per heavy atom. The lowest BCUT2D eigenvalue weighted by atomic mass is 10.1. The Morgan fingerprint density at radius 2 is 2.00 bits per heavy atom. The molecule has 5 heteroatoms. The third-order valence-corrected chi connectivity index (χ3v) is 2.67. The summed E-state index contributed by atoms with van der Waals surface area (Å²) in [6, 6.07) is 6.12. The summed E-state index contributed by atoms with van der Waals surface area (Å²) in [7, 11) is 0. The lowest BCUT2D eigenvalue weighted by Crippen LogP contribution is -2.22. The first kappa shape index (κ1) is 12.0. The summed E-state index contributed by atoms with van der Waals surface area (Å²) in [6.45, 7) is 1.83. The second-order valence-corrected chi connectivity index (χ2v) is 4.27. The predicted molar refractivity (Wildman–Crippen MR) is 61.0 cm³/mol. The van der Waals surface area contributed by atoms with E-state index in [1.165, 1.54) is 12.1 Å². The Bertz CT molecular complexity index is 348. The minimum atomic E-state index is -1.05. The first-order valence-electron chi connectivity index (χ1n) is 4.63. The van der Waals surface area contributed by atoms with Gasteiger partial charge in [0.25, 0.3) is 5.69 Å². The Hall–Kier alpha value is -1.07. The van der Waals surface area contributed by atoms with Crippen molar-refractivity contribution < 1.29 is 10.0 Å². The number of nitro groups is 1. The van der Waals surface area contributed by atoms with E-state index >= 15 is 0 Å². The van der Waals surface area contributed by atoms with Crippen LogP contribution in [0.4, 0.5) is 5.69 Å². The van der Waals surface area contributed by atoms with E-state index in [-0.39, 0.29) is 5.69 Å². The van der Waals surface area contributed by atoms with Gasteiger partial charge in [-0.3, -0.25) is 10.1 Å². The van der Waals surface area contributed by atoms with Gasteiger partial charge < -0.3 is 5.11 Å². The van der Waals surface area contributed by atoms with Crippen molar-refractivity contribution in [3.63, 3.8) is 0 Å². The number of non-ortho nitro benzene ring substituents is 1. The van der Waals surface area contributed by atoms with E-state index in [0.717, 1.165) is 5.56 Å². The number of rotatable bonds is 4. The van der Waals surface area contributed by atoms with Crippen LogP contribution in [-0.2, 0) is 6.42 Å². The molecule has 15 heavy (non-hydrogen) atoms. The number of hydrogen-bond donors (Lipinski definition) is 2. The van der Waals surface area contributed by atoms with Gasteiger partial charge in [-0.25, -0.2) is 0 Å². The Balaban J connectivity index is 2.77. The number of aliphatic hydroxyl groups is 1. The molecule has 0 fully saturated rings. The molecule has 0 aliphatic carbocycles. The molecular formula is C10H13NO3S. The van der Waals surface area contributed by atoms with E-state index in [1.54, 1.807) is 12.1 Å². The molecular weight excluding hydrogens is 214 g/mol. The Kier molecular flexibility index (Phi) is 3.71. The minimum Gasteiger partial charge on any atom is -0.379 e. The van der Waals surface area contributed by atoms with Crippen molar-refractivity contribution in [1.29, 1.82) is 0 Å². The first-order chi connectivity index (χ1) is 6.94. The van der Waals surface area contributed by atoms with Crippen molar-refractivity contribution in [2.45, 2.75) is 24.7 Å². The molecule has 0 saturated carbocycles. The van der Waals surface area contributed by atoms with Gasteiger partial charge >= 0.3 is 0 Å². The van der Waals surface area contributed by atoms with Gasteiger partial charge in [-0.2, -0.15) is 0 Å². The monoisotopic (exact) mass is 227 g/mol. The largest absolute Gasteiger partial charge is 0.379 e. The summed E-state index contributed by atoms with van der Waals surface area (Å²) in [4.78, 5) is 8.90. The summed E-state index contributed by atoms with van der Waals surface area (Å²) in [5.41, 5.74) is 0.887. The quantitative estimate of drug-likeness (QED) is 0.358. The highest BCUT2D eigenvalue weighted by Gasteiger charge is 2.19. The zero-order chi connectivity index (χ0) is 11.5. The van der Waals surface area contributed by atoms with Crippen LogP contribution >= 0.6 is 12.6 Å². The molecule has 1 rings (SSSR count). The molecule has 0 saturated heterocycles. The molecule has 0 bridgehead atoms. The third kappa shape index (κ3) is 3.53. The zero-order valence-corrected chi connectivity index (χ0v) is 9.28. The van der Waals surface area contributed by atoms with Crippen molar-refractivity contribution in [3.8, 4) is 0 Å². The molecule has 0 amide bonds. The molecule has 0 aliphatic rings. The van der Waals surface area contributed by atoms with E-state index in [4.69, 9.17) is 0 Å². The Labute approximate surface area is 93.5 Å². The second-order valence-electron chi connectivity index (χ2n) is 3.44. The smallest absolute Gasteiger partial charge is 0.269 e. The predicted octanol–water partition coefficient (Wildman–Crippen LogP) is 2.17. The standard InChI is InChI=1S/C10H13NO3S/c1-2-10(12,15)7-8-3-5-9(6-4-8)11(13)14/h3-6,12,15H,2,7H2,1H3. The fourth-order valence-electron chi connectivity index (χ4n) is 1.19. The third-order valence-electron chi connectivity index (χ3n) is 2.20. The molecule has 1 N–H and O–H groups in total. The van der Waals surface area contributed by atoms with E-state index < -0.39 is 9.86 Å². The maximum absolute atomic E-state index is 10.4. The SMILES string of the molecule is CCC(O)(S)Cc1ccc([N+](=O)[O-])cc1. The van der Waals surface area contributed by atoms with Crippen LogP contribution in [0.3, 0.4) is 0 Å². The highest BCUT2D eigenvalue weighted by Crippen LogP contribution is 2.22. The molecule has 0 aromatic heterocycles. The maximum Gasteiger partial charge on any atom is 0.269 e. The molecule has 0 radical (unpaired) electrons. The van der Waals surface area contributed by atoms with Crippen molar-refractivity contribution in [3.05, 3.63) is 39.9 Å². The number of nitro benzene ring substituents is 1. The van der Waals surface area contributed by atoms with Gasteiger partial charge in [0.05, 0.1) is 4.92 Å². The summed E-state index contributed by atoms with van der Waals surface area (Å²) >= 11 is 4.09. The van der Waals surface area contributed by atoms with Crippen LogP contribution in [0.15, 0.2) is 24.3 Å². The van der Waals surface area contributed by atoms with Crippen LogP contribution in [0.25, 0.3) is 0 Å². The summed E-state index contributed by atoms with van der Waals surface area (Å²) in [5.74, 6) is 0. The van der Waals surface area contributed by atoms with Crippen molar-refractivity contribution in [2.75, 3.05) is 0 Å². The summed E-state index contributed by atoms with van der Waals surface area (Å²) in [6.07, 6.45) is 0.901. The van der Waals surface area contributed by atoms with Gasteiger partial charge in [-0.1, -0.05) is 19.1 Å². The first-order valence-corrected chi connectivity index (χ1v) is 5.07. The van der Waals surface area contributed by atoms with Crippen molar-refractivity contribution >= 4 is 18.3 Å². The fourth-order valence-corrected chi connectivity index (χ4v) is 1.37. The summed E-state index contributed by atoms with van der Waals surface area (Å²) in [5, 5.41) is 20.1. The topological polar surface area (TPSA) is 63.4 Å². The average molecular weight is 227 g/mol. The average Bonchev–Trinajstić information content (AvgIpc) is 2.18.